The third-order valence-corrected chi connectivity index (χ3v) is 4.74. The standard InChI is InChI=1S/C21H27N7O/c1-4-15(2)20(29)25-17-9-7-8-16(12-17)13-23-21(22-3)24-14-19-27-26-18-10-5-6-11-28(18)19/h5-12,15H,4,13-14H2,1-3H3,(H,25,29)(H2,22,23,24). The Hall–Kier alpha value is -3.42. The van der Waals surface area contributed by atoms with E-state index in [1.54, 1.807) is 7.05 Å². The van der Waals surface area contributed by atoms with Gasteiger partial charge in [0.1, 0.15) is 0 Å². The first kappa shape index (κ1) is 20.3. The number of amides is 1. The van der Waals surface area contributed by atoms with Crippen molar-refractivity contribution in [2.75, 3.05) is 12.4 Å². The molecular formula is C21H27N7O. The number of anilines is 1. The molecule has 0 saturated carbocycles. The number of fused-ring (bicyclic) bond motifs is 1. The van der Waals surface area contributed by atoms with Crippen LogP contribution in [-0.4, -0.2) is 33.5 Å². The highest BCUT2D eigenvalue weighted by atomic mass is 16.1. The molecule has 0 aliphatic rings. The van der Waals surface area contributed by atoms with E-state index in [1.807, 2.05) is 66.9 Å². The van der Waals surface area contributed by atoms with E-state index in [0.29, 0.717) is 19.0 Å². The van der Waals surface area contributed by atoms with Crippen LogP contribution < -0.4 is 16.0 Å². The lowest BCUT2D eigenvalue weighted by Gasteiger charge is -2.13. The molecule has 8 heteroatoms. The van der Waals surface area contributed by atoms with E-state index in [9.17, 15) is 4.79 Å². The quantitative estimate of drug-likeness (QED) is 0.424. The summed E-state index contributed by atoms with van der Waals surface area (Å²) >= 11 is 0. The minimum atomic E-state index is -0.00644. The summed E-state index contributed by atoms with van der Waals surface area (Å²) < 4.78 is 1.93. The van der Waals surface area contributed by atoms with Gasteiger partial charge >= 0.3 is 0 Å². The summed E-state index contributed by atoms with van der Waals surface area (Å²) in [6.07, 6.45) is 2.75. The molecular weight excluding hydrogens is 366 g/mol. The van der Waals surface area contributed by atoms with Crippen LogP contribution in [0.3, 0.4) is 0 Å². The maximum atomic E-state index is 12.1. The van der Waals surface area contributed by atoms with Gasteiger partial charge in [-0.3, -0.25) is 14.2 Å². The number of aromatic nitrogens is 3. The predicted molar refractivity (Wildman–Crippen MR) is 115 cm³/mol. The summed E-state index contributed by atoms with van der Waals surface area (Å²) in [5.41, 5.74) is 2.65. The lowest BCUT2D eigenvalue weighted by atomic mass is 10.1. The number of hydrogen-bond acceptors (Lipinski definition) is 4. The summed E-state index contributed by atoms with van der Waals surface area (Å²) in [5, 5.41) is 17.8. The number of carbonyl (C=O) groups excluding carboxylic acids is 1. The highest BCUT2D eigenvalue weighted by Gasteiger charge is 2.11. The zero-order valence-electron chi connectivity index (χ0n) is 17.0. The Morgan fingerprint density at radius 1 is 1.14 bits per heavy atom. The molecule has 0 bridgehead atoms. The van der Waals surface area contributed by atoms with Gasteiger partial charge in [-0.15, -0.1) is 10.2 Å². The van der Waals surface area contributed by atoms with Crippen molar-refractivity contribution in [3.63, 3.8) is 0 Å². The Balaban J connectivity index is 1.55. The molecule has 0 saturated heterocycles. The first-order valence-electron chi connectivity index (χ1n) is 9.73. The summed E-state index contributed by atoms with van der Waals surface area (Å²) in [6.45, 7) is 5.00. The monoisotopic (exact) mass is 393 g/mol. The zero-order valence-corrected chi connectivity index (χ0v) is 17.0. The molecule has 29 heavy (non-hydrogen) atoms. The zero-order chi connectivity index (χ0) is 20.6. The van der Waals surface area contributed by atoms with Gasteiger partial charge in [-0.25, -0.2) is 0 Å². The Morgan fingerprint density at radius 2 is 1.97 bits per heavy atom. The van der Waals surface area contributed by atoms with Crippen LogP contribution in [-0.2, 0) is 17.9 Å². The number of aliphatic imine (C=N–C) groups is 1. The minimum absolute atomic E-state index is 0.00644. The topological polar surface area (TPSA) is 95.7 Å². The second-order valence-electron chi connectivity index (χ2n) is 6.82. The second kappa shape index (κ2) is 9.68. The van der Waals surface area contributed by atoms with E-state index in [-0.39, 0.29) is 11.8 Å². The first-order valence-corrected chi connectivity index (χ1v) is 9.73. The minimum Gasteiger partial charge on any atom is -0.352 e. The van der Waals surface area contributed by atoms with Crippen molar-refractivity contribution >= 4 is 23.2 Å². The maximum Gasteiger partial charge on any atom is 0.227 e. The molecule has 1 unspecified atom stereocenters. The van der Waals surface area contributed by atoms with Gasteiger partial charge in [-0.1, -0.05) is 32.0 Å². The third kappa shape index (κ3) is 5.31. The van der Waals surface area contributed by atoms with E-state index in [2.05, 4.69) is 31.1 Å². The molecule has 1 atom stereocenters. The van der Waals surface area contributed by atoms with Crippen LogP contribution in [0.2, 0.25) is 0 Å². The van der Waals surface area contributed by atoms with Crippen LogP contribution in [0.15, 0.2) is 53.7 Å². The number of rotatable bonds is 7. The molecule has 2 heterocycles. The van der Waals surface area contributed by atoms with E-state index < -0.39 is 0 Å². The molecule has 0 fully saturated rings. The summed E-state index contributed by atoms with van der Waals surface area (Å²) in [7, 11) is 1.72. The summed E-state index contributed by atoms with van der Waals surface area (Å²) in [5.74, 6) is 1.49. The number of pyridine rings is 1. The molecule has 0 radical (unpaired) electrons. The van der Waals surface area contributed by atoms with Crippen molar-refractivity contribution in [3.8, 4) is 0 Å². The molecule has 1 aromatic carbocycles. The van der Waals surface area contributed by atoms with Crippen molar-refractivity contribution in [1.29, 1.82) is 0 Å². The number of hydrogen-bond donors (Lipinski definition) is 3. The Bertz CT molecular complexity index is 995. The molecule has 0 spiro atoms. The van der Waals surface area contributed by atoms with Crippen molar-refractivity contribution < 1.29 is 4.79 Å². The van der Waals surface area contributed by atoms with Gasteiger partial charge in [-0.2, -0.15) is 0 Å². The molecule has 0 aliphatic heterocycles. The normalized spacial score (nSPS) is 12.6. The van der Waals surface area contributed by atoms with Gasteiger partial charge in [0.2, 0.25) is 5.91 Å². The molecule has 8 nitrogen and oxygen atoms in total. The first-order chi connectivity index (χ1) is 14.1. The van der Waals surface area contributed by atoms with E-state index >= 15 is 0 Å². The third-order valence-electron chi connectivity index (χ3n) is 4.74. The van der Waals surface area contributed by atoms with Gasteiger partial charge in [0, 0.05) is 31.4 Å². The molecule has 152 valence electrons. The fraction of sp³-hybridized carbons (Fsp3) is 0.333. The molecule has 2 aromatic heterocycles. The predicted octanol–water partition coefficient (Wildman–Crippen LogP) is 2.58. The number of guanidine groups is 1. The summed E-state index contributed by atoms with van der Waals surface area (Å²) in [4.78, 5) is 16.3. The lowest BCUT2D eigenvalue weighted by Crippen LogP contribution is -2.36. The Morgan fingerprint density at radius 3 is 2.76 bits per heavy atom. The van der Waals surface area contributed by atoms with Crippen LogP contribution in [0.25, 0.3) is 5.65 Å². The second-order valence-corrected chi connectivity index (χ2v) is 6.82. The molecule has 3 N–H and O–H groups in total. The number of nitrogens with one attached hydrogen (secondary N) is 3. The Kier molecular flexibility index (Phi) is 6.78. The smallest absolute Gasteiger partial charge is 0.227 e. The molecule has 3 aromatic rings. The highest BCUT2D eigenvalue weighted by Crippen LogP contribution is 2.13. The van der Waals surface area contributed by atoms with Crippen molar-refractivity contribution in [3.05, 3.63) is 60.0 Å². The Labute approximate surface area is 170 Å². The summed E-state index contributed by atoms with van der Waals surface area (Å²) in [6, 6.07) is 13.6. The van der Waals surface area contributed by atoms with Crippen molar-refractivity contribution in [2.45, 2.75) is 33.4 Å². The molecule has 3 rings (SSSR count). The van der Waals surface area contributed by atoms with Crippen molar-refractivity contribution in [1.82, 2.24) is 25.2 Å². The fourth-order valence-corrected chi connectivity index (χ4v) is 2.79. The van der Waals surface area contributed by atoms with E-state index in [0.717, 1.165) is 29.1 Å². The van der Waals surface area contributed by atoms with Crippen LogP contribution in [0.1, 0.15) is 31.7 Å². The van der Waals surface area contributed by atoms with Crippen LogP contribution in [0, 0.1) is 5.92 Å². The highest BCUT2D eigenvalue weighted by molar-refractivity contribution is 5.92. The SMILES string of the molecule is CCC(C)C(=O)Nc1cccc(CNC(=NC)NCc2nnc3ccccn23)c1. The van der Waals surface area contributed by atoms with E-state index in [1.165, 1.54) is 0 Å². The van der Waals surface area contributed by atoms with Crippen LogP contribution in [0.5, 0.6) is 0 Å². The van der Waals surface area contributed by atoms with Gasteiger partial charge in [0.15, 0.2) is 17.4 Å². The average molecular weight is 393 g/mol. The van der Waals surface area contributed by atoms with Crippen LogP contribution >= 0.6 is 0 Å². The van der Waals surface area contributed by atoms with Gasteiger partial charge < -0.3 is 16.0 Å². The fourth-order valence-electron chi connectivity index (χ4n) is 2.79. The number of benzene rings is 1. The molecule has 1 amide bonds. The molecule has 0 aliphatic carbocycles. The maximum absolute atomic E-state index is 12.1. The van der Waals surface area contributed by atoms with E-state index in [4.69, 9.17) is 0 Å². The average Bonchev–Trinajstić information content (AvgIpc) is 3.16. The van der Waals surface area contributed by atoms with Gasteiger partial charge in [0.25, 0.3) is 0 Å². The van der Waals surface area contributed by atoms with Gasteiger partial charge in [0.05, 0.1) is 6.54 Å². The largest absolute Gasteiger partial charge is 0.352 e. The number of carbonyl (C=O) groups is 1. The number of nitrogens with zero attached hydrogens (tertiary/aromatic N) is 4. The lowest BCUT2D eigenvalue weighted by molar-refractivity contribution is -0.119. The van der Waals surface area contributed by atoms with Crippen LogP contribution in [0.4, 0.5) is 5.69 Å². The van der Waals surface area contributed by atoms with Gasteiger partial charge in [-0.05, 0) is 36.2 Å². The van der Waals surface area contributed by atoms with Crippen molar-refractivity contribution in [2.24, 2.45) is 10.9 Å².